The Labute approximate surface area is 740 Å². The number of aliphatic hydroxyl groups excluding tert-OH is 6. The summed E-state index contributed by atoms with van der Waals surface area (Å²) in [5.41, 5.74) is 10.5. The smallest absolute Gasteiger partial charge is 0.247 e. The molecule has 2 fully saturated rings. The third-order valence-corrected chi connectivity index (χ3v) is 23.1. The van der Waals surface area contributed by atoms with Gasteiger partial charge in [-0.05, 0) is 178 Å². The average molecular weight is 1810 g/mol. The second-order valence-electron chi connectivity index (χ2n) is 31.6. The molecule has 8 bridgehead atoms. The molecule has 1 saturated carbocycles. The van der Waals surface area contributed by atoms with Crippen molar-refractivity contribution in [3.05, 3.63) is 181 Å². The molecule has 0 radical (unpaired) electrons. The second-order valence-corrected chi connectivity index (χ2v) is 33.2. The van der Waals surface area contributed by atoms with Gasteiger partial charge in [0.05, 0.1) is 63.4 Å². The number of nitrogens with one attached hydrogen (secondary N) is 9. The molecule has 125 heavy (non-hydrogen) atoms. The van der Waals surface area contributed by atoms with Crippen LogP contribution in [0.2, 0.25) is 20.1 Å². The molecule has 1 saturated heterocycles. The van der Waals surface area contributed by atoms with Crippen molar-refractivity contribution in [1.82, 2.24) is 47.9 Å². The quantitative estimate of drug-likeness (QED) is 0.0298. The van der Waals surface area contributed by atoms with E-state index in [4.69, 9.17) is 86.3 Å². The summed E-state index contributed by atoms with van der Waals surface area (Å²) in [5, 5.41) is 130. The van der Waals surface area contributed by atoms with Crippen molar-refractivity contribution < 1.29 is 113 Å². The highest BCUT2D eigenvalue weighted by Gasteiger charge is 2.51. The Kier molecular flexibility index (Phi) is 33.8. The minimum absolute atomic E-state index is 0.00655. The lowest BCUT2D eigenvalue weighted by molar-refractivity contribution is -0.289. The van der Waals surface area contributed by atoms with Crippen molar-refractivity contribution in [2.75, 3.05) is 33.8 Å². The van der Waals surface area contributed by atoms with Crippen molar-refractivity contribution in [1.29, 1.82) is 0 Å². The summed E-state index contributed by atoms with van der Waals surface area (Å²) >= 11 is 26.5. The molecular weight excluding hydrogens is 1710 g/mol. The maximum absolute atomic E-state index is 14.9. The molecule has 7 aromatic rings. The van der Waals surface area contributed by atoms with Gasteiger partial charge in [0.15, 0.2) is 17.8 Å². The lowest BCUT2D eigenvalue weighted by atomic mass is 9.80. The number of unbranched alkanes of at least 4 members (excludes halogenated alkanes) is 1. The van der Waals surface area contributed by atoms with E-state index < -0.39 is 192 Å². The van der Waals surface area contributed by atoms with Crippen LogP contribution in [-0.4, -0.2) is 200 Å². The molecule has 7 aromatic carbocycles. The fourth-order valence-corrected chi connectivity index (χ4v) is 15.6. The van der Waals surface area contributed by atoms with Gasteiger partial charge < -0.3 is 134 Å². The first-order chi connectivity index (χ1) is 59.4. The van der Waals surface area contributed by atoms with Gasteiger partial charge in [-0.3, -0.25) is 38.4 Å². The Morgan fingerprint density at radius 1 is 0.688 bits per heavy atom. The highest BCUT2D eigenvalue weighted by molar-refractivity contribution is 6.42. The van der Waals surface area contributed by atoms with E-state index in [-0.39, 0.29) is 118 Å². The summed E-state index contributed by atoms with van der Waals surface area (Å²) < 4.78 is 39.2. The summed E-state index contributed by atoms with van der Waals surface area (Å²) in [6, 6.07) is 19.5. The number of para-hydroxylation sites is 1. The molecule has 1 aliphatic carbocycles. The van der Waals surface area contributed by atoms with Crippen LogP contribution in [0.4, 0.5) is 0 Å². The first-order valence-corrected chi connectivity index (χ1v) is 41.9. The number of likely N-dealkylation sites (N-methyl/N-ethyl adjacent to an activating group) is 2. The first-order valence-electron chi connectivity index (χ1n) is 40.4. The number of primary amides is 1. The number of fused-ring (bicyclic) bond motifs is 2. The monoisotopic (exact) mass is 1810 g/mol. The molecule has 38 heteroatoms. The van der Waals surface area contributed by atoms with Crippen LogP contribution in [0.25, 0.3) is 11.1 Å². The van der Waals surface area contributed by atoms with Crippen LogP contribution in [0, 0.1) is 11.8 Å². The SMILES string of the molecule is CNC(=O)C1NC(=O)[C@@H](C)NC(=O)[C@H](CC(N)=O)NC(=O)[C@H](NC(=O)[C@@H](CC(C)C)NC)[C@H](O)c2ccc(c(Cl)c2)Oc2cccc(c2OC2CC(CO)C(O)C(O)C2OC2CC(C)(NCc3ccc(OCc4ccc(Cl)c(Cl)c4)cc3)C(O)C(C)O2)Oc2ccc(cc2Cl)[C@@H](O)CC(=O)N[C@H](C(=O)NCCCCN)c2cc(O)cc(O)c2-c2cc1ccc2O. The number of ether oxygens (including phenoxy) is 6. The molecule has 0 spiro atoms. The van der Waals surface area contributed by atoms with Crippen molar-refractivity contribution in [2.24, 2.45) is 23.3 Å². The number of amides is 8. The Morgan fingerprint density at radius 3 is 1.98 bits per heavy atom. The number of hydrogen-bond donors (Lipinski definition) is 20. The Morgan fingerprint density at radius 2 is 1.35 bits per heavy atom. The molecule has 674 valence electrons. The Balaban J connectivity index is 1.04. The van der Waals surface area contributed by atoms with Crippen LogP contribution in [0.1, 0.15) is 137 Å². The molecule has 17 atom stereocenters. The highest BCUT2D eigenvalue weighted by atomic mass is 35.5. The van der Waals surface area contributed by atoms with Crippen molar-refractivity contribution >= 4 is 93.7 Å². The number of halogens is 4. The molecule has 34 nitrogen and oxygen atoms in total. The fourth-order valence-electron chi connectivity index (χ4n) is 14.9. The van der Waals surface area contributed by atoms with Crippen LogP contribution < -0.4 is 78.3 Å². The van der Waals surface area contributed by atoms with Gasteiger partial charge in [-0.1, -0.05) is 103 Å². The minimum Gasteiger partial charge on any atom is -0.508 e. The minimum atomic E-state index is -2.06. The second kappa shape index (κ2) is 43.7. The van der Waals surface area contributed by atoms with Crippen LogP contribution in [-0.2, 0) is 61.0 Å². The van der Waals surface area contributed by atoms with Gasteiger partial charge in [0.25, 0.3) is 0 Å². The van der Waals surface area contributed by atoms with Gasteiger partial charge >= 0.3 is 0 Å². The van der Waals surface area contributed by atoms with Crippen LogP contribution in [0.15, 0.2) is 127 Å². The van der Waals surface area contributed by atoms with Gasteiger partial charge in [0, 0.05) is 61.8 Å². The molecule has 4 aliphatic heterocycles. The van der Waals surface area contributed by atoms with E-state index in [1.165, 1.54) is 81.7 Å². The number of carbonyl (C=O) groups is 8. The maximum Gasteiger partial charge on any atom is 0.247 e. The summed E-state index contributed by atoms with van der Waals surface area (Å²) in [6.45, 7) is 8.25. The summed E-state index contributed by atoms with van der Waals surface area (Å²) in [4.78, 5) is 114. The number of carbonyl (C=O) groups excluding carboxylic acids is 8. The van der Waals surface area contributed by atoms with Crippen molar-refractivity contribution in [3.8, 4) is 62.9 Å². The molecule has 10 unspecified atom stereocenters. The van der Waals surface area contributed by atoms with Crippen molar-refractivity contribution in [2.45, 2.75) is 190 Å². The van der Waals surface area contributed by atoms with Gasteiger partial charge in [-0.2, -0.15) is 0 Å². The molecule has 4 heterocycles. The van der Waals surface area contributed by atoms with E-state index in [0.717, 1.165) is 35.4 Å². The van der Waals surface area contributed by atoms with Crippen LogP contribution in [0.5, 0.6) is 51.7 Å². The summed E-state index contributed by atoms with van der Waals surface area (Å²) in [5.74, 6) is -12.0. The van der Waals surface area contributed by atoms with E-state index in [0.29, 0.717) is 28.6 Å². The zero-order valence-corrected chi connectivity index (χ0v) is 72.4. The largest absolute Gasteiger partial charge is 0.508 e. The van der Waals surface area contributed by atoms with Gasteiger partial charge in [0.2, 0.25) is 53.0 Å². The third-order valence-electron chi connectivity index (χ3n) is 21.8. The van der Waals surface area contributed by atoms with E-state index in [1.807, 2.05) is 26.0 Å². The first kappa shape index (κ1) is 96.8. The summed E-state index contributed by atoms with van der Waals surface area (Å²) in [6.07, 6.45) is -14.5. The molecule has 5 aliphatic rings. The maximum atomic E-state index is 14.9. The standard InChI is InChI=1S/C87H105Cl4N11O23/c1-41(2)27-58(94-6)82(115)102-74-75(110)48-18-24-64(57(91)31-48)123-66-12-10-11-65(78(66)124-67-32-49(39-103)76(111)77(112)79(67)125-70-37-87(5,80(113)43(4)121-70)97-38-44-13-19-51(20-14-44)120-40-45-15-21-54(88)55(89)28-45)122-63-23-17-46(30-56(63)90)61(106)36-69(109)100-73(85(118)96-26-9-8-25-92)53-33-50(104)34-62(107)71(53)52-29-47(16-22-60(52)105)72(84(117)95-7)101-81(114)42(3)98-83(116)59(35-68(93)108)99-86(74)119/h10-24,28-31,33-34,41-43,49,58-59,61,67,70,72-77,79-80,94,97,103-107,110-113H,8-9,25-27,32,35-40,92H2,1-7H3,(H2,93,108)(H,95,117)(H,96,118)(H,98,116)(H,99,119)(H,100,109)(H,101,114)(H,102,115)/t42-,43?,49?,58-,59+,61+,67?,70?,72?,73+,74-,75-,76?,77?,79?,80?,87?/m1/s1. The van der Waals surface area contributed by atoms with Crippen LogP contribution in [0.3, 0.4) is 0 Å². The van der Waals surface area contributed by atoms with E-state index in [9.17, 15) is 84.3 Å². The van der Waals surface area contributed by atoms with Gasteiger partial charge in [-0.25, -0.2) is 0 Å². The number of aromatic hydroxyl groups is 3. The molecule has 8 amide bonds. The molecule has 12 rings (SSSR count). The average Bonchev–Trinajstić information content (AvgIpc) is 0.771. The molecule has 22 N–H and O–H groups in total. The normalized spacial score (nSPS) is 24.9. The predicted octanol–water partition coefficient (Wildman–Crippen LogP) is 6.23. The fraction of sp³-hybridized carbons (Fsp3) is 0.425. The van der Waals surface area contributed by atoms with Gasteiger partial charge in [0.1, 0.15) is 95.7 Å². The lowest BCUT2D eigenvalue weighted by Crippen LogP contribution is -2.64. The van der Waals surface area contributed by atoms with Crippen LogP contribution >= 0.6 is 46.4 Å². The zero-order chi connectivity index (χ0) is 91.0. The van der Waals surface area contributed by atoms with E-state index in [2.05, 4.69) is 47.9 Å². The van der Waals surface area contributed by atoms with Crippen molar-refractivity contribution in [3.63, 3.8) is 0 Å². The number of phenols is 3. The molecule has 0 aromatic heterocycles. The number of nitrogens with two attached hydrogens (primary N) is 2. The Hall–Kier alpha value is -10.4. The topological polar surface area (TPSA) is 534 Å². The number of rotatable bonds is 24. The van der Waals surface area contributed by atoms with E-state index >= 15 is 0 Å². The highest BCUT2D eigenvalue weighted by Crippen LogP contribution is 2.49. The zero-order valence-electron chi connectivity index (χ0n) is 69.3. The van der Waals surface area contributed by atoms with E-state index in [1.54, 1.807) is 44.2 Å². The number of phenolic OH excluding ortho intramolecular Hbond substituents is 3. The summed E-state index contributed by atoms with van der Waals surface area (Å²) in [7, 11) is 2.72. The number of benzene rings is 7. The predicted molar refractivity (Wildman–Crippen MR) is 460 cm³/mol. The lowest BCUT2D eigenvalue weighted by Gasteiger charge is -2.48. The number of hydrogen-bond acceptors (Lipinski definition) is 26. The Bertz CT molecular complexity index is 5020. The molecular formula is C87H105Cl4N11O23. The van der Waals surface area contributed by atoms with Gasteiger partial charge in [-0.15, -0.1) is 0 Å². The number of aliphatic hydroxyl groups is 6. The third kappa shape index (κ3) is 24.7.